The third-order valence-electron chi connectivity index (χ3n) is 3.18. The molecule has 0 atom stereocenters. The van der Waals surface area contributed by atoms with Gasteiger partial charge in [0, 0.05) is 14.2 Å². The van der Waals surface area contributed by atoms with Gasteiger partial charge in [-0.2, -0.15) is 0 Å². The fourth-order valence-corrected chi connectivity index (χ4v) is 2.33. The van der Waals surface area contributed by atoms with Gasteiger partial charge in [-0.25, -0.2) is 4.98 Å². The number of aromatic amines is 1. The highest BCUT2D eigenvalue weighted by molar-refractivity contribution is 14.1. The molecule has 1 aromatic rings. The Bertz CT molecular complexity index is 447. The predicted octanol–water partition coefficient (Wildman–Crippen LogP) is 2.18. The molecule has 0 aliphatic heterocycles. The first-order valence-electron chi connectivity index (χ1n) is 5.87. The standard InChI is InChI=1S/C12H19IN2O3/c1-5-12(6-2,18-4)11-14-8(7-17-3)9(13)10(16)15-11/h5-7H2,1-4H3,(H,14,15,16). The minimum atomic E-state index is -0.536. The number of hydrogen-bond acceptors (Lipinski definition) is 4. The molecular formula is C12H19IN2O3. The van der Waals surface area contributed by atoms with E-state index in [1.165, 1.54) is 0 Å². The third-order valence-corrected chi connectivity index (χ3v) is 4.29. The van der Waals surface area contributed by atoms with E-state index in [0.717, 1.165) is 12.8 Å². The number of ether oxygens (including phenoxy) is 2. The number of hydrogen-bond donors (Lipinski definition) is 1. The van der Waals surface area contributed by atoms with Crippen molar-refractivity contribution < 1.29 is 9.47 Å². The molecule has 1 rings (SSSR count). The van der Waals surface area contributed by atoms with Crippen LogP contribution in [0.3, 0.4) is 0 Å². The van der Waals surface area contributed by atoms with Gasteiger partial charge < -0.3 is 14.5 Å². The van der Waals surface area contributed by atoms with Crippen LogP contribution in [0.2, 0.25) is 0 Å². The number of aromatic nitrogens is 2. The first-order valence-corrected chi connectivity index (χ1v) is 6.95. The van der Waals surface area contributed by atoms with E-state index in [0.29, 0.717) is 21.7 Å². The number of nitrogens with zero attached hydrogens (tertiary/aromatic N) is 1. The van der Waals surface area contributed by atoms with Crippen LogP contribution in [0.15, 0.2) is 4.79 Å². The maximum absolute atomic E-state index is 11.9. The van der Waals surface area contributed by atoms with Crippen LogP contribution in [0.1, 0.15) is 38.2 Å². The molecule has 0 saturated carbocycles. The van der Waals surface area contributed by atoms with Gasteiger partial charge in [0.2, 0.25) is 0 Å². The van der Waals surface area contributed by atoms with Crippen molar-refractivity contribution in [1.82, 2.24) is 9.97 Å². The Hall–Kier alpha value is -0.470. The van der Waals surface area contributed by atoms with E-state index in [1.807, 2.05) is 36.4 Å². The topological polar surface area (TPSA) is 64.2 Å². The zero-order valence-corrected chi connectivity index (χ0v) is 13.3. The molecular weight excluding hydrogens is 347 g/mol. The lowest BCUT2D eigenvalue weighted by Crippen LogP contribution is -2.33. The largest absolute Gasteiger partial charge is 0.378 e. The maximum Gasteiger partial charge on any atom is 0.264 e. The molecule has 0 aromatic carbocycles. The van der Waals surface area contributed by atoms with Crippen LogP contribution >= 0.6 is 22.6 Å². The molecule has 1 aromatic heterocycles. The summed E-state index contributed by atoms with van der Waals surface area (Å²) in [5.74, 6) is 0.576. The van der Waals surface area contributed by atoms with E-state index >= 15 is 0 Å². The van der Waals surface area contributed by atoms with Crippen molar-refractivity contribution in [3.8, 4) is 0 Å². The van der Waals surface area contributed by atoms with Crippen LogP contribution < -0.4 is 5.56 Å². The quantitative estimate of drug-likeness (QED) is 0.784. The van der Waals surface area contributed by atoms with Gasteiger partial charge in [0.1, 0.15) is 15.0 Å². The van der Waals surface area contributed by atoms with Crippen molar-refractivity contribution in [3.05, 3.63) is 25.4 Å². The van der Waals surface area contributed by atoms with Gasteiger partial charge in [-0.15, -0.1) is 0 Å². The van der Waals surface area contributed by atoms with E-state index in [1.54, 1.807) is 14.2 Å². The summed E-state index contributed by atoms with van der Waals surface area (Å²) in [4.78, 5) is 19.2. The van der Waals surface area contributed by atoms with Gasteiger partial charge >= 0.3 is 0 Å². The van der Waals surface area contributed by atoms with Gasteiger partial charge in [0.05, 0.1) is 12.3 Å². The summed E-state index contributed by atoms with van der Waals surface area (Å²) in [6.07, 6.45) is 1.49. The van der Waals surface area contributed by atoms with Crippen molar-refractivity contribution in [3.63, 3.8) is 0 Å². The monoisotopic (exact) mass is 366 g/mol. The number of nitrogens with one attached hydrogen (secondary N) is 1. The maximum atomic E-state index is 11.9. The smallest absolute Gasteiger partial charge is 0.264 e. The highest BCUT2D eigenvalue weighted by Gasteiger charge is 2.31. The lowest BCUT2D eigenvalue weighted by molar-refractivity contribution is -0.0297. The van der Waals surface area contributed by atoms with E-state index in [4.69, 9.17) is 9.47 Å². The Kier molecular flexibility index (Phi) is 5.74. The van der Waals surface area contributed by atoms with Gasteiger partial charge in [-0.05, 0) is 35.4 Å². The van der Waals surface area contributed by atoms with Gasteiger partial charge in [-0.3, -0.25) is 4.79 Å². The van der Waals surface area contributed by atoms with Gasteiger partial charge in [0.15, 0.2) is 0 Å². The fraction of sp³-hybridized carbons (Fsp3) is 0.667. The third kappa shape index (κ3) is 2.92. The molecule has 0 aliphatic carbocycles. The average Bonchev–Trinajstić information content (AvgIpc) is 2.38. The molecule has 0 amide bonds. The van der Waals surface area contributed by atoms with E-state index in [-0.39, 0.29) is 5.56 Å². The van der Waals surface area contributed by atoms with Crippen LogP contribution in [0.25, 0.3) is 0 Å². The Labute approximate surface area is 120 Å². The predicted molar refractivity (Wildman–Crippen MR) is 77.6 cm³/mol. The highest BCUT2D eigenvalue weighted by atomic mass is 127. The van der Waals surface area contributed by atoms with Gasteiger partial charge in [-0.1, -0.05) is 13.8 Å². The molecule has 0 spiro atoms. The summed E-state index contributed by atoms with van der Waals surface area (Å²) in [5.41, 5.74) is -0.0254. The molecule has 0 aliphatic rings. The normalized spacial score (nSPS) is 11.8. The lowest BCUT2D eigenvalue weighted by atomic mass is 9.96. The first kappa shape index (κ1) is 15.6. The number of halogens is 1. The second-order valence-electron chi connectivity index (χ2n) is 4.01. The van der Waals surface area contributed by atoms with Crippen molar-refractivity contribution in [2.45, 2.75) is 38.9 Å². The molecule has 0 saturated heterocycles. The van der Waals surface area contributed by atoms with Crippen LogP contribution in [0.4, 0.5) is 0 Å². The Balaban J connectivity index is 3.37. The number of methoxy groups -OCH3 is 2. The molecule has 0 radical (unpaired) electrons. The lowest BCUT2D eigenvalue weighted by Gasteiger charge is -2.29. The molecule has 6 heteroatoms. The summed E-state index contributed by atoms with van der Waals surface area (Å²) in [5, 5.41) is 0. The summed E-state index contributed by atoms with van der Waals surface area (Å²) in [7, 11) is 3.22. The molecule has 0 fully saturated rings. The summed E-state index contributed by atoms with van der Waals surface area (Å²) in [6, 6.07) is 0. The zero-order chi connectivity index (χ0) is 13.8. The van der Waals surface area contributed by atoms with Gasteiger partial charge in [0.25, 0.3) is 5.56 Å². The second kappa shape index (κ2) is 6.63. The zero-order valence-electron chi connectivity index (χ0n) is 11.2. The fourth-order valence-electron chi connectivity index (χ4n) is 1.92. The SMILES string of the molecule is CCC(CC)(OC)c1nc(COC)c(I)c(=O)[nH]1. The Morgan fingerprint density at radius 3 is 2.39 bits per heavy atom. The number of rotatable bonds is 6. The molecule has 1 heterocycles. The summed E-state index contributed by atoms with van der Waals surface area (Å²) < 4.78 is 11.2. The van der Waals surface area contributed by atoms with Crippen molar-refractivity contribution >= 4 is 22.6 Å². The molecule has 18 heavy (non-hydrogen) atoms. The van der Waals surface area contributed by atoms with Crippen molar-refractivity contribution in [2.24, 2.45) is 0 Å². The molecule has 5 nitrogen and oxygen atoms in total. The van der Waals surface area contributed by atoms with E-state index in [2.05, 4.69) is 9.97 Å². The van der Waals surface area contributed by atoms with Crippen LogP contribution in [0, 0.1) is 3.57 Å². The Morgan fingerprint density at radius 2 is 1.94 bits per heavy atom. The van der Waals surface area contributed by atoms with Crippen LogP contribution in [0.5, 0.6) is 0 Å². The molecule has 0 unspecified atom stereocenters. The summed E-state index contributed by atoms with van der Waals surface area (Å²) >= 11 is 1.98. The van der Waals surface area contributed by atoms with E-state index in [9.17, 15) is 4.79 Å². The average molecular weight is 366 g/mol. The first-order chi connectivity index (χ1) is 8.54. The molecule has 1 N–H and O–H groups in total. The Morgan fingerprint density at radius 1 is 1.33 bits per heavy atom. The van der Waals surface area contributed by atoms with Crippen LogP contribution in [-0.4, -0.2) is 24.2 Å². The second-order valence-corrected chi connectivity index (χ2v) is 5.09. The minimum Gasteiger partial charge on any atom is -0.378 e. The molecule has 102 valence electrons. The highest BCUT2D eigenvalue weighted by Crippen LogP contribution is 2.29. The van der Waals surface area contributed by atoms with Crippen molar-refractivity contribution in [1.29, 1.82) is 0 Å². The molecule has 0 bridgehead atoms. The van der Waals surface area contributed by atoms with Crippen molar-refractivity contribution in [2.75, 3.05) is 14.2 Å². The number of H-pyrrole nitrogens is 1. The van der Waals surface area contributed by atoms with E-state index < -0.39 is 5.60 Å². The van der Waals surface area contributed by atoms with Crippen LogP contribution in [-0.2, 0) is 21.7 Å². The minimum absolute atomic E-state index is 0.143. The summed E-state index contributed by atoms with van der Waals surface area (Å²) in [6.45, 7) is 4.35.